The Morgan fingerprint density at radius 1 is 1.11 bits per heavy atom. The van der Waals surface area contributed by atoms with Crippen LogP contribution in [0, 0.1) is 5.41 Å². The highest BCUT2D eigenvalue weighted by Crippen LogP contribution is 2.45. The molecule has 1 aromatic carbocycles. The van der Waals surface area contributed by atoms with Gasteiger partial charge in [0.1, 0.15) is 0 Å². The van der Waals surface area contributed by atoms with Crippen LogP contribution < -0.4 is 5.32 Å². The molecule has 4 rings (SSSR count). The normalized spacial score (nSPS) is 28.6. The number of halogens is 1. The Morgan fingerprint density at radius 2 is 1.74 bits per heavy atom. The maximum atomic E-state index is 13.2. The van der Waals surface area contributed by atoms with Gasteiger partial charge in [-0.05, 0) is 62.3 Å². The van der Waals surface area contributed by atoms with E-state index >= 15 is 0 Å². The molecule has 1 saturated carbocycles. The Balaban J connectivity index is 0.00000210. The number of hydrogen-bond donors (Lipinski definition) is 1. The molecule has 2 saturated heterocycles. The summed E-state index contributed by atoms with van der Waals surface area (Å²) in [6.45, 7) is 0. The number of carbonyl (C=O) groups is 1. The highest BCUT2D eigenvalue weighted by atomic mass is 35.5. The van der Waals surface area contributed by atoms with Gasteiger partial charge in [0.25, 0.3) is 0 Å². The van der Waals surface area contributed by atoms with Gasteiger partial charge in [-0.3, -0.25) is 4.79 Å². The van der Waals surface area contributed by atoms with E-state index in [2.05, 4.69) is 47.6 Å². The summed E-state index contributed by atoms with van der Waals surface area (Å²) in [7, 11) is 2.07. The predicted molar refractivity (Wildman–Crippen MR) is 113 cm³/mol. The quantitative estimate of drug-likeness (QED) is 0.761. The minimum absolute atomic E-state index is 0. The first-order valence-corrected chi connectivity index (χ1v) is 10.7. The molecule has 3 fully saturated rings. The SMILES string of the molecule is CN(C(=O)CC1(CCc2ccccc2)CCCC1)C1CC2CCC(C1)N2.Cl. The molecular weight excluding hydrogens is 356 g/mol. The molecule has 0 spiro atoms. The Hall–Kier alpha value is -1.06. The monoisotopic (exact) mass is 390 g/mol. The van der Waals surface area contributed by atoms with Gasteiger partial charge in [0.05, 0.1) is 0 Å². The van der Waals surface area contributed by atoms with Crippen molar-refractivity contribution in [3.8, 4) is 0 Å². The molecule has 1 aromatic rings. The number of rotatable bonds is 6. The lowest BCUT2D eigenvalue weighted by Gasteiger charge is -2.38. The lowest BCUT2D eigenvalue weighted by Crippen LogP contribution is -2.49. The molecule has 4 heteroatoms. The third-order valence-electron chi connectivity index (χ3n) is 7.37. The van der Waals surface area contributed by atoms with Crippen molar-refractivity contribution >= 4 is 18.3 Å². The summed E-state index contributed by atoms with van der Waals surface area (Å²) in [5.74, 6) is 0.395. The number of benzene rings is 1. The second-order valence-electron chi connectivity index (χ2n) is 9.14. The largest absolute Gasteiger partial charge is 0.343 e. The van der Waals surface area contributed by atoms with Crippen LogP contribution in [0.5, 0.6) is 0 Å². The molecule has 150 valence electrons. The van der Waals surface area contributed by atoms with Gasteiger partial charge in [-0.2, -0.15) is 0 Å². The van der Waals surface area contributed by atoms with Gasteiger partial charge in [-0.25, -0.2) is 0 Å². The molecule has 1 amide bonds. The summed E-state index contributed by atoms with van der Waals surface area (Å²) in [6, 6.07) is 12.5. The molecule has 1 N–H and O–H groups in total. The average Bonchev–Trinajstić information content (AvgIpc) is 3.26. The van der Waals surface area contributed by atoms with Gasteiger partial charge in [0.2, 0.25) is 5.91 Å². The van der Waals surface area contributed by atoms with Crippen molar-refractivity contribution < 1.29 is 4.79 Å². The van der Waals surface area contributed by atoms with Crippen molar-refractivity contribution in [3.63, 3.8) is 0 Å². The molecule has 2 unspecified atom stereocenters. The van der Waals surface area contributed by atoms with E-state index in [9.17, 15) is 4.79 Å². The van der Waals surface area contributed by atoms with Crippen molar-refractivity contribution in [1.29, 1.82) is 0 Å². The van der Waals surface area contributed by atoms with E-state index in [0.29, 0.717) is 24.0 Å². The number of aryl methyl sites for hydroxylation is 1. The van der Waals surface area contributed by atoms with Crippen molar-refractivity contribution in [2.75, 3.05) is 7.05 Å². The fourth-order valence-electron chi connectivity index (χ4n) is 5.69. The van der Waals surface area contributed by atoms with Gasteiger partial charge in [-0.1, -0.05) is 43.2 Å². The molecule has 3 aliphatic rings. The average molecular weight is 391 g/mol. The number of nitrogens with zero attached hydrogens (tertiary/aromatic N) is 1. The Labute approximate surface area is 170 Å². The zero-order chi connectivity index (χ0) is 18.0. The summed E-state index contributed by atoms with van der Waals surface area (Å²) in [5, 5.41) is 3.70. The van der Waals surface area contributed by atoms with Crippen LogP contribution >= 0.6 is 12.4 Å². The number of piperidine rings is 1. The lowest BCUT2D eigenvalue weighted by molar-refractivity contribution is -0.135. The molecule has 3 nitrogen and oxygen atoms in total. The van der Waals surface area contributed by atoms with E-state index in [1.807, 2.05) is 0 Å². The van der Waals surface area contributed by atoms with Crippen molar-refractivity contribution in [3.05, 3.63) is 35.9 Å². The van der Waals surface area contributed by atoms with Crippen LogP contribution in [0.2, 0.25) is 0 Å². The van der Waals surface area contributed by atoms with E-state index in [4.69, 9.17) is 0 Å². The predicted octanol–water partition coefficient (Wildman–Crippen LogP) is 4.73. The number of amides is 1. The van der Waals surface area contributed by atoms with Crippen molar-refractivity contribution in [2.24, 2.45) is 5.41 Å². The number of hydrogen-bond acceptors (Lipinski definition) is 2. The molecule has 0 radical (unpaired) electrons. The van der Waals surface area contributed by atoms with Crippen molar-refractivity contribution in [2.45, 2.75) is 88.8 Å². The smallest absolute Gasteiger partial charge is 0.223 e. The van der Waals surface area contributed by atoms with E-state index < -0.39 is 0 Å². The first kappa shape index (κ1) is 20.7. The van der Waals surface area contributed by atoms with E-state index in [0.717, 1.165) is 32.1 Å². The molecule has 0 aromatic heterocycles. The molecule has 2 heterocycles. The van der Waals surface area contributed by atoms with E-state index in [1.54, 1.807) is 0 Å². The molecule has 27 heavy (non-hydrogen) atoms. The molecule has 2 aliphatic heterocycles. The van der Waals surface area contributed by atoms with Gasteiger partial charge in [-0.15, -0.1) is 12.4 Å². The van der Waals surface area contributed by atoms with Crippen LogP contribution in [0.25, 0.3) is 0 Å². The fourth-order valence-corrected chi connectivity index (χ4v) is 5.69. The Morgan fingerprint density at radius 3 is 2.37 bits per heavy atom. The number of nitrogens with one attached hydrogen (secondary N) is 1. The maximum Gasteiger partial charge on any atom is 0.223 e. The van der Waals surface area contributed by atoms with Gasteiger partial charge < -0.3 is 10.2 Å². The summed E-state index contributed by atoms with van der Waals surface area (Å²) in [4.78, 5) is 15.3. The Bertz CT molecular complexity index is 602. The maximum absolute atomic E-state index is 13.2. The van der Waals surface area contributed by atoms with Crippen LogP contribution in [0.4, 0.5) is 0 Å². The molecule has 2 atom stereocenters. The van der Waals surface area contributed by atoms with Gasteiger partial charge in [0.15, 0.2) is 0 Å². The van der Waals surface area contributed by atoms with Crippen LogP contribution in [0.15, 0.2) is 30.3 Å². The van der Waals surface area contributed by atoms with Gasteiger partial charge >= 0.3 is 0 Å². The summed E-state index contributed by atoms with van der Waals surface area (Å²) in [5.41, 5.74) is 1.65. The van der Waals surface area contributed by atoms with Crippen LogP contribution in [0.3, 0.4) is 0 Å². The summed E-state index contributed by atoms with van der Waals surface area (Å²) >= 11 is 0. The minimum Gasteiger partial charge on any atom is -0.343 e. The van der Waals surface area contributed by atoms with E-state index in [-0.39, 0.29) is 17.8 Å². The highest BCUT2D eigenvalue weighted by Gasteiger charge is 2.40. The lowest BCUT2D eigenvalue weighted by atomic mass is 9.77. The summed E-state index contributed by atoms with van der Waals surface area (Å²) in [6.07, 6.45) is 13.0. The highest BCUT2D eigenvalue weighted by molar-refractivity contribution is 5.85. The van der Waals surface area contributed by atoms with E-state index in [1.165, 1.54) is 44.1 Å². The zero-order valence-electron chi connectivity index (χ0n) is 16.7. The third kappa shape index (κ3) is 4.86. The first-order chi connectivity index (χ1) is 12.6. The van der Waals surface area contributed by atoms with Crippen molar-refractivity contribution in [1.82, 2.24) is 10.2 Å². The third-order valence-corrected chi connectivity index (χ3v) is 7.37. The second-order valence-corrected chi connectivity index (χ2v) is 9.14. The molecule has 1 aliphatic carbocycles. The molecular formula is C23H35ClN2O. The second kappa shape index (κ2) is 8.96. The summed E-state index contributed by atoms with van der Waals surface area (Å²) < 4.78 is 0. The Kier molecular flexibility index (Phi) is 6.86. The van der Waals surface area contributed by atoms with Crippen LogP contribution in [0.1, 0.15) is 69.8 Å². The number of carbonyl (C=O) groups excluding carboxylic acids is 1. The molecule has 2 bridgehead atoms. The first-order valence-electron chi connectivity index (χ1n) is 10.7. The van der Waals surface area contributed by atoms with Gasteiger partial charge in [0, 0.05) is 31.6 Å². The standard InChI is InChI=1S/C23H34N2O.ClH/c1-25(21-15-19-9-10-20(16-21)24-19)22(26)17-23(12-5-6-13-23)14-11-18-7-3-2-4-8-18;/h2-4,7-8,19-21,24H,5-6,9-17H2,1H3;1H. The van der Waals surface area contributed by atoms with Crippen LogP contribution in [-0.4, -0.2) is 36.0 Å². The zero-order valence-corrected chi connectivity index (χ0v) is 17.5. The fraction of sp³-hybridized carbons (Fsp3) is 0.696. The minimum atomic E-state index is 0. The topological polar surface area (TPSA) is 32.3 Å². The number of fused-ring (bicyclic) bond motifs is 2. The van der Waals surface area contributed by atoms with Crippen LogP contribution in [-0.2, 0) is 11.2 Å².